The van der Waals surface area contributed by atoms with Crippen molar-refractivity contribution < 1.29 is 57.1 Å². The molecule has 0 aliphatic carbocycles. The van der Waals surface area contributed by atoms with Gasteiger partial charge in [-0.1, -0.05) is 13.2 Å². The molecule has 0 fully saturated rings. The molecular formula is C41H42O12. The highest BCUT2D eigenvalue weighted by molar-refractivity contribution is 5.92. The van der Waals surface area contributed by atoms with Crippen LogP contribution in [0.3, 0.4) is 0 Å². The van der Waals surface area contributed by atoms with E-state index in [1.165, 1.54) is 36.4 Å². The largest absolute Gasteiger partial charge is 0.494 e. The van der Waals surface area contributed by atoms with E-state index in [0.717, 1.165) is 12.2 Å². The number of ether oxygens (including phenoxy) is 7. The highest BCUT2D eigenvalue weighted by Crippen LogP contribution is 2.19. The van der Waals surface area contributed by atoms with Crippen LogP contribution in [0, 0.1) is 0 Å². The number of esters is 5. The SMILES string of the molecule is C=CC(=O)OCCCCOc1ccc(C(=O)O/C(C)=C/C=C(\C)OC(=O)c2ccc(OC(=O)c3ccc(OCCCCOC(=O)C=C)cc3)cc2)cc1. The van der Waals surface area contributed by atoms with Gasteiger partial charge in [0.15, 0.2) is 0 Å². The molecule has 0 unspecified atom stereocenters. The molecule has 0 spiro atoms. The van der Waals surface area contributed by atoms with Crippen LogP contribution in [0.5, 0.6) is 17.2 Å². The second-order valence-electron chi connectivity index (χ2n) is 11.2. The third-order valence-electron chi connectivity index (χ3n) is 6.98. The van der Waals surface area contributed by atoms with Crippen molar-refractivity contribution in [3.8, 4) is 17.2 Å². The van der Waals surface area contributed by atoms with Gasteiger partial charge in [-0.25, -0.2) is 24.0 Å². The summed E-state index contributed by atoms with van der Waals surface area (Å²) in [5, 5.41) is 0. The Hall–Kier alpha value is -6.43. The Bertz CT molecular complexity index is 1770. The lowest BCUT2D eigenvalue weighted by Gasteiger charge is -2.09. The van der Waals surface area contributed by atoms with E-state index < -0.39 is 29.8 Å². The molecule has 3 aromatic carbocycles. The molecule has 0 atom stereocenters. The number of rotatable bonds is 21. The van der Waals surface area contributed by atoms with E-state index in [9.17, 15) is 24.0 Å². The first-order chi connectivity index (χ1) is 25.6. The summed E-state index contributed by atoms with van der Waals surface area (Å²) < 4.78 is 37.3. The monoisotopic (exact) mass is 726 g/mol. The van der Waals surface area contributed by atoms with Crippen molar-refractivity contribution in [3.63, 3.8) is 0 Å². The van der Waals surface area contributed by atoms with E-state index in [4.69, 9.17) is 33.2 Å². The average molecular weight is 727 g/mol. The van der Waals surface area contributed by atoms with Crippen LogP contribution in [0.15, 0.2) is 122 Å². The maximum Gasteiger partial charge on any atom is 0.343 e. The van der Waals surface area contributed by atoms with Gasteiger partial charge in [-0.15, -0.1) is 0 Å². The summed E-state index contributed by atoms with van der Waals surface area (Å²) in [5.41, 5.74) is 0.858. The lowest BCUT2D eigenvalue weighted by Crippen LogP contribution is -2.09. The molecule has 278 valence electrons. The maximum absolute atomic E-state index is 12.6. The minimum absolute atomic E-state index is 0.228. The van der Waals surface area contributed by atoms with Gasteiger partial charge in [-0.2, -0.15) is 0 Å². The third kappa shape index (κ3) is 15.6. The molecule has 53 heavy (non-hydrogen) atoms. The Labute approximate surface area is 308 Å². The lowest BCUT2D eigenvalue weighted by atomic mass is 10.2. The number of carbonyl (C=O) groups excluding carboxylic acids is 5. The molecule has 0 amide bonds. The molecule has 12 heteroatoms. The van der Waals surface area contributed by atoms with Crippen molar-refractivity contribution >= 4 is 29.8 Å². The number of carbonyl (C=O) groups is 5. The van der Waals surface area contributed by atoms with Crippen molar-refractivity contribution in [2.75, 3.05) is 26.4 Å². The predicted molar refractivity (Wildman–Crippen MR) is 194 cm³/mol. The number of benzene rings is 3. The summed E-state index contributed by atoms with van der Waals surface area (Å²) >= 11 is 0. The average Bonchev–Trinajstić information content (AvgIpc) is 3.17. The fraction of sp³-hybridized carbons (Fsp3) is 0.244. The first kappa shape index (κ1) is 41.0. The molecule has 0 aliphatic rings. The first-order valence-electron chi connectivity index (χ1n) is 16.7. The zero-order valence-corrected chi connectivity index (χ0v) is 29.7. The molecule has 0 aliphatic heterocycles. The highest BCUT2D eigenvalue weighted by Gasteiger charge is 2.13. The van der Waals surface area contributed by atoms with Crippen molar-refractivity contribution in [3.05, 3.63) is 138 Å². The van der Waals surface area contributed by atoms with Gasteiger partial charge in [0.2, 0.25) is 0 Å². The molecule has 0 heterocycles. The van der Waals surface area contributed by atoms with Crippen LogP contribution in [-0.2, 0) is 28.5 Å². The normalized spacial score (nSPS) is 11.1. The van der Waals surface area contributed by atoms with E-state index >= 15 is 0 Å². The summed E-state index contributed by atoms with van der Waals surface area (Å²) in [6, 6.07) is 18.8. The fourth-order valence-electron chi connectivity index (χ4n) is 4.16. The summed E-state index contributed by atoms with van der Waals surface area (Å²) in [4.78, 5) is 59.9. The second kappa shape index (κ2) is 22.4. The first-order valence-corrected chi connectivity index (χ1v) is 16.7. The maximum atomic E-state index is 12.6. The molecule has 12 nitrogen and oxygen atoms in total. The van der Waals surface area contributed by atoms with E-state index in [1.54, 1.807) is 62.4 Å². The van der Waals surface area contributed by atoms with Gasteiger partial charge in [0.05, 0.1) is 43.1 Å². The third-order valence-corrected chi connectivity index (χ3v) is 6.98. The van der Waals surface area contributed by atoms with Crippen LogP contribution in [0.1, 0.15) is 70.6 Å². The Morgan fingerprint density at radius 3 is 1.21 bits per heavy atom. The Kier molecular flexibility index (Phi) is 17.3. The summed E-state index contributed by atoms with van der Waals surface area (Å²) in [6.45, 7) is 11.3. The summed E-state index contributed by atoms with van der Waals surface area (Å²) in [7, 11) is 0. The Morgan fingerprint density at radius 1 is 0.491 bits per heavy atom. The molecule has 0 saturated carbocycles. The van der Waals surface area contributed by atoms with Crippen LogP contribution < -0.4 is 14.2 Å². The quantitative estimate of drug-likeness (QED) is 0.0203. The van der Waals surface area contributed by atoms with Crippen LogP contribution in [0.25, 0.3) is 0 Å². The lowest BCUT2D eigenvalue weighted by molar-refractivity contribution is -0.138. The molecule has 0 radical (unpaired) electrons. The van der Waals surface area contributed by atoms with Gasteiger partial charge in [0, 0.05) is 12.2 Å². The Morgan fingerprint density at radius 2 is 0.830 bits per heavy atom. The second-order valence-corrected chi connectivity index (χ2v) is 11.2. The van der Waals surface area contributed by atoms with Crippen molar-refractivity contribution in [2.45, 2.75) is 39.5 Å². The summed E-state index contributed by atoms with van der Waals surface area (Å²) in [6.07, 6.45) is 7.87. The molecule has 3 aromatic rings. The zero-order valence-electron chi connectivity index (χ0n) is 29.7. The Balaban J connectivity index is 1.39. The van der Waals surface area contributed by atoms with Gasteiger partial charge in [-0.05, 0) is 124 Å². The zero-order chi connectivity index (χ0) is 38.4. The molecule has 0 N–H and O–H groups in total. The number of hydrogen-bond donors (Lipinski definition) is 0. The molecule has 0 bridgehead atoms. The van der Waals surface area contributed by atoms with Crippen molar-refractivity contribution in [1.82, 2.24) is 0 Å². The predicted octanol–water partition coefficient (Wildman–Crippen LogP) is 7.50. The highest BCUT2D eigenvalue weighted by atomic mass is 16.6. The molecule has 0 aromatic heterocycles. The summed E-state index contributed by atoms with van der Waals surface area (Å²) in [5.74, 6) is -0.788. The molecular weight excluding hydrogens is 684 g/mol. The van der Waals surface area contributed by atoms with Gasteiger partial charge >= 0.3 is 29.8 Å². The number of allylic oxidation sites excluding steroid dienone is 4. The minimum Gasteiger partial charge on any atom is -0.494 e. The smallest absolute Gasteiger partial charge is 0.343 e. The fourth-order valence-corrected chi connectivity index (χ4v) is 4.16. The topological polar surface area (TPSA) is 150 Å². The number of hydrogen-bond acceptors (Lipinski definition) is 12. The van der Waals surface area contributed by atoms with Crippen molar-refractivity contribution in [1.29, 1.82) is 0 Å². The van der Waals surface area contributed by atoms with Gasteiger partial charge in [0.25, 0.3) is 0 Å². The van der Waals surface area contributed by atoms with E-state index in [0.29, 0.717) is 61.5 Å². The van der Waals surface area contributed by atoms with Crippen LogP contribution in [0.4, 0.5) is 0 Å². The van der Waals surface area contributed by atoms with Gasteiger partial charge in [0.1, 0.15) is 28.8 Å². The van der Waals surface area contributed by atoms with Crippen LogP contribution in [0.2, 0.25) is 0 Å². The minimum atomic E-state index is -0.633. The van der Waals surface area contributed by atoms with Crippen LogP contribution in [-0.4, -0.2) is 56.3 Å². The van der Waals surface area contributed by atoms with E-state index in [-0.39, 0.29) is 36.0 Å². The van der Waals surface area contributed by atoms with E-state index in [2.05, 4.69) is 13.2 Å². The van der Waals surface area contributed by atoms with Gasteiger partial charge < -0.3 is 33.2 Å². The molecule has 3 rings (SSSR count). The standard InChI is InChI=1S/C41H42O12/c1-5-37(42)49-27-9-7-25-47-34-19-13-31(14-20-34)39(44)51-29(3)11-12-30(4)52-40(45)32-17-23-36(24-18-32)53-41(46)33-15-21-35(22-16-33)48-26-8-10-28-50-38(43)6-2/h5-6,11-24H,1-2,7-10,25-28H2,3-4H3/b29-11+,30-12+. The number of unbranched alkanes of at least 4 members (excludes halogenated alkanes) is 2. The van der Waals surface area contributed by atoms with Crippen molar-refractivity contribution in [2.24, 2.45) is 0 Å². The van der Waals surface area contributed by atoms with Crippen LogP contribution >= 0.6 is 0 Å². The molecule has 0 saturated heterocycles. The van der Waals surface area contributed by atoms with E-state index in [1.807, 2.05) is 0 Å². The van der Waals surface area contributed by atoms with Gasteiger partial charge in [-0.3, -0.25) is 0 Å².